The molecule has 82 valence electrons. The molecule has 0 atom stereocenters. The zero-order chi connectivity index (χ0) is 11.7. The average molecular weight is 241 g/mol. The number of rotatable bonds is 1. The Bertz CT molecular complexity index is 544. The fourth-order valence-corrected chi connectivity index (χ4v) is 1.50. The Morgan fingerprint density at radius 1 is 1.25 bits per heavy atom. The van der Waals surface area contributed by atoms with Crippen LogP contribution in [0.25, 0.3) is 11.1 Å². The van der Waals surface area contributed by atoms with Crippen molar-refractivity contribution >= 4 is 17.4 Å². The molecule has 0 fully saturated rings. The van der Waals surface area contributed by atoms with Gasteiger partial charge in [0, 0.05) is 17.3 Å². The lowest BCUT2D eigenvalue weighted by atomic mass is 10.1. The first-order chi connectivity index (χ1) is 7.59. The fourth-order valence-electron chi connectivity index (χ4n) is 1.32. The van der Waals surface area contributed by atoms with Crippen LogP contribution in [0.1, 0.15) is 0 Å². The van der Waals surface area contributed by atoms with E-state index in [-0.39, 0.29) is 16.4 Å². The molecule has 0 saturated carbocycles. The summed E-state index contributed by atoms with van der Waals surface area (Å²) in [6, 6.07) is 5.61. The Morgan fingerprint density at radius 2 is 2.00 bits per heavy atom. The van der Waals surface area contributed by atoms with Gasteiger partial charge < -0.3 is 5.73 Å². The molecule has 0 amide bonds. The molecule has 1 heterocycles. The summed E-state index contributed by atoms with van der Waals surface area (Å²) in [7, 11) is 0. The van der Waals surface area contributed by atoms with Crippen molar-refractivity contribution in [3.05, 3.63) is 47.1 Å². The van der Waals surface area contributed by atoms with Crippen molar-refractivity contribution in [3.8, 4) is 11.1 Å². The van der Waals surface area contributed by atoms with E-state index in [0.717, 1.165) is 6.07 Å². The smallest absolute Gasteiger partial charge is 0.165 e. The molecule has 1 aromatic carbocycles. The molecular weight excluding hydrogens is 234 g/mol. The van der Waals surface area contributed by atoms with E-state index in [1.165, 1.54) is 18.3 Å². The third-order valence-electron chi connectivity index (χ3n) is 2.13. The molecule has 0 aliphatic carbocycles. The van der Waals surface area contributed by atoms with Gasteiger partial charge in [0.2, 0.25) is 0 Å². The molecule has 0 spiro atoms. The predicted molar refractivity (Wildman–Crippen MR) is 59.0 cm³/mol. The quantitative estimate of drug-likeness (QED) is 0.831. The lowest BCUT2D eigenvalue weighted by molar-refractivity contribution is 0.624. The number of hydrogen-bond donors (Lipinski definition) is 1. The van der Waals surface area contributed by atoms with Crippen LogP contribution >= 0.6 is 11.6 Å². The van der Waals surface area contributed by atoms with Crippen molar-refractivity contribution < 1.29 is 8.78 Å². The maximum atomic E-state index is 13.6. The zero-order valence-electron chi connectivity index (χ0n) is 8.05. The Hall–Kier alpha value is -1.68. The highest BCUT2D eigenvalue weighted by molar-refractivity contribution is 6.31. The third kappa shape index (κ3) is 1.84. The highest BCUT2D eigenvalue weighted by Crippen LogP contribution is 2.28. The molecule has 0 aliphatic rings. The normalized spacial score (nSPS) is 10.4. The third-order valence-corrected chi connectivity index (χ3v) is 2.42. The van der Waals surface area contributed by atoms with Crippen molar-refractivity contribution in [1.82, 2.24) is 4.98 Å². The number of pyridine rings is 1. The molecular formula is C11H7ClF2N2. The van der Waals surface area contributed by atoms with Crippen LogP contribution in [-0.4, -0.2) is 4.98 Å². The summed E-state index contributed by atoms with van der Waals surface area (Å²) in [5.74, 6) is -1.50. The molecule has 2 N–H and O–H groups in total. The topological polar surface area (TPSA) is 38.9 Å². The zero-order valence-corrected chi connectivity index (χ0v) is 8.80. The van der Waals surface area contributed by atoms with Gasteiger partial charge in [-0.15, -0.1) is 0 Å². The fraction of sp³-hybridized carbons (Fsp3) is 0. The second-order valence-corrected chi connectivity index (χ2v) is 3.60. The standard InChI is InChI=1S/C11H7ClF2N2/c12-8-3-1-2-7(10(8)14)6-4-9(13)11(15)16-5-6/h1-5H,(H2,15,16). The highest BCUT2D eigenvalue weighted by atomic mass is 35.5. The summed E-state index contributed by atoms with van der Waals surface area (Å²) in [6.07, 6.45) is 1.30. The largest absolute Gasteiger partial charge is 0.381 e. The molecule has 2 rings (SSSR count). The second-order valence-electron chi connectivity index (χ2n) is 3.19. The van der Waals surface area contributed by atoms with Crippen LogP contribution in [0, 0.1) is 11.6 Å². The van der Waals surface area contributed by atoms with Gasteiger partial charge in [-0.3, -0.25) is 0 Å². The van der Waals surface area contributed by atoms with Gasteiger partial charge >= 0.3 is 0 Å². The number of nitrogens with zero attached hydrogens (tertiary/aromatic N) is 1. The maximum Gasteiger partial charge on any atom is 0.165 e. The molecule has 5 heteroatoms. The first-order valence-electron chi connectivity index (χ1n) is 4.45. The van der Waals surface area contributed by atoms with Gasteiger partial charge in [-0.2, -0.15) is 0 Å². The number of nitrogens with two attached hydrogens (primary N) is 1. The monoisotopic (exact) mass is 240 g/mol. The van der Waals surface area contributed by atoms with E-state index >= 15 is 0 Å². The number of anilines is 1. The van der Waals surface area contributed by atoms with Crippen LogP contribution in [0.15, 0.2) is 30.5 Å². The van der Waals surface area contributed by atoms with Gasteiger partial charge in [-0.1, -0.05) is 23.7 Å². The number of aromatic nitrogens is 1. The van der Waals surface area contributed by atoms with Gasteiger partial charge in [-0.05, 0) is 12.1 Å². The summed E-state index contributed by atoms with van der Waals surface area (Å²) in [5, 5.41) is -0.0188. The molecule has 0 unspecified atom stereocenters. The van der Waals surface area contributed by atoms with Crippen LogP contribution in [-0.2, 0) is 0 Å². The molecule has 0 bridgehead atoms. The van der Waals surface area contributed by atoms with Crippen LogP contribution < -0.4 is 5.73 Å². The Kier molecular flexibility index (Phi) is 2.75. The minimum absolute atomic E-state index is 0.0188. The van der Waals surface area contributed by atoms with Crippen molar-refractivity contribution in [3.63, 3.8) is 0 Å². The molecule has 0 aliphatic heterocycles. The van der Waals surface area contributed by atoms with E-state index in [0.29, 0.717) is 5.56 Å². The Balaban J connectivity index is 2.59. The molecule has 1 aromatic heterocycles. The lowest BCUT2D eigenvalue weighted by Gasteiger charge is -2.05. The van der Waals surface area contributed by atoms with Crippen LogP contribution in [0.2, 0.25) is 5.02 Å². The lowest BCUT2D eigenvalue weighted by Crippen LogP contribution is -1.95. The molecule has 2 aromatic rings. The van der Waals surface area contributed by atoms with Crippen molar-refractivity contribution in [1.29, 1.82) is 0 Å². The summed E-state index contributed by atoms with van der Waals surface area (Å²) in [5.41, 5.74) is 5.72. The van der Waals surface area contributed by atoms with Gasteiger partial charge in [-0.25, -0.2) is 13.8 Å². The Morgan fingerprint density at radius 3 is 2.69 bits per heavy atom. The van der Waals surface area contributed by atoms with E-state index in [1.54, 1.807) is 6.07 Å². The molecule has 2 nitrogen and oxygen atoms in total. The van der Waals surface area contributed by atoms with E-state index < -0.39 is 11.6 Å². The minimum Gasteiger partial charge on any atom is -0.381 e. The number of hydrogen-bond acceptors (Lipinski definition) is 2. The van der Waals surface area contributed by atoms with Crippen LogP contribution in [0.3, 0.4) is 0 Å². The van der Waals surface area contributed by atoms with Gasteiger partial charge in [0.1, 0.15) is 5.82 Å². The van der Waals surface area contributed by atoms with Crippen molar-refractivity contribution in [2.45, 2.75) is 0 Å². The van der Waals surface area contributed by atoms with E-state index in [2.05, 4.69) is 4.98 Å². The second kappa shape index (κ2) is 4.06. The van der Waals surface area contributed by atoms with Gasteiger partial charge in [0.15, 0.2) is 11.6 Å². The van der Waals surface area contributed by atoms with E-state index in [1.807, 2.05) is 0 Å². The molecule has 16 heavy (non-hydrogen) atoms. The number of nitrogen functional groups attached to an aromatic ring is 1. The first-order valence-corrected chi connectivity index (χ1v) is 4.83. The predicted octanol–water partition coefficient (Wildman–Crippen LogP) is 3.26. The number of benzene rings is 1. The molecule has 0 saturated heterocycles. The highest BCUT2D eigenvalue weighted by Gasteiger charge is 2.10. The summed E-state index contributed by atoms with van der Waals surface area (Å²) in [6.45, 7) is 0. The minimum atomic E-state index is -0.683. The van der Waals surface area contributed by atoms with Crippen molar-refractivity contribution in [2.24, 2.45) is 0 Å². The molecule has 0 radical (unpaired) electrons. The van der Waals surface area contributed by atoms with E-state index in [9.17, 15) is 8.78 Å². The van der Waals surface area contributed by atoms with Crippen LogP contribution in [0.4, 0.5) is 14.6 Å². The Labute approximate surface area is 95.7 Å². The summed E-state index contributed by atoms with van der Waals surface area (Å²) in [4.78, 5) is 3.62. The summed E-state index contributed by atoms with van der Waals surface area (Å²) < 4.78 is 26.8. The average Bonchev–Trinajstić information content (AvgIpc) is 2.26. The maximum absolute atomic E-state index is 13.6. The van der Waals surface area contributed by atoms with Gasteiger partial charge in [0.05, 0.1) is 5.02 Å². The van der Waals surface area contributed by atoms with Crippen LogP contribution in [0.5, 0.6) is 0 Å². The summed E-state index contributed by atoms with van der Waals surface area (Å²) >= 11 is 5.62. The van der Waals surface area contributed by atoms with Gasteiger partial charge in [0.25, 0.3) is 0 Å². The SMILES string of the molecule is Nc1ncc(-c2cccc(Cl)c2F)cc1F. The van der Waals surface area contributed by atoms with Crippen molar-refractivity contribution in [2.75, 3.05) is 5.73 Å². The van der Waals surface area contributed by atoms with E-state index in [4.69, 9.17) is 17.3 Å². The first kappa shape index (κ1) is 10.8. The number of halogens is 3.